The summed E-state index contributed by atoms with van der Waals surface area (Å²) in [6, 6.07) is 14.1. The van der Waals surface area contributed by atoms with E-state index in [1.165, 1.54) is 0 Å². The highest BCUT2D eigenvalue weighted by atomic mass is 16.6. The summed E-state index contributed by atoms with van der Waals surface area (Å²) < 4.78 is 11.1. The summed E-state index contributed by atoms with van der Waals surface area (Å²) >= 11 is 0. The molecule has 0 saturated carbocycles. The fourth-order valence-corrected chi connectivity index (χ4v) is 2.60. The number of H-pyrrole nitrogens is 2. The molecule has 1 aliphatic heterocycles. The van der Waals surface area contributed by atoms with Crippen LogP contribution >= 0.6 is 0 Å². The first-order chi connectivity index (χ1) is 12.7. The minimum atomic E-state index is -0.393. The molecule has 0 atom stereocenters. The highest BCUT2D eigenvalue weighted by Crippen LogP contribution is 2.36. The molecule has 8 heteroatoms. The molecule has 0 amide bonds. The van der Waals surface area contributed by atoms with Crippen LogP contribution in [0.15, 0.2) is 57.5 Å². The molecule has 26 heavy (non-hydrogen) atoms. The highest BCUT2D eigenvalue weighted by molar-refractivity contribution is 5.73. The van der Waals surface area contributed by atoms with E-state index >= 15 is 0 Å². The zero-order valence-corrected chi connectivity index (χ0v) is 13.5. The van der Waals surface area contributed by atoms with E-state index in [0.717, 1.165) is 0 Å². The van der Waals surface area contributed by atoms with Crippen LogP contribution in [0.25, 0.3) is 11.3 Å². The number of benzene rings is 2. The van der Waals surface area contributed by atoms with Crippen molar-refractivity contribution in [2.24, 2.45) is 10.2 Å². The van der Waals surface area contributed by atoms with Crippen molar-refractivity contribution < 1.29 is 9.47 Å². The largest absolute Gasteiger partial charge is 0.486 e. The summed E-state index contributed by atoms with van der Waals surface area (Å²) in [5.41, 5.74) is 1.91. The second-order valence-corrected chi connectivity index (χ2v) is 5.52. The molecule has 2 aromatic carbocycles. The second-order valence-electron chi connectivity index (χ2n) is 5.52. The maximum Gasteiger partial charge on any atom is 0.292 e. The zero-order chi connectivity index (χ0) is 17.9. The van der Waals surface area contributed by atoms with E-state index in [1.807, 2.05) is 12.1 Å². The topological polar surface area (TPSA) is 116 Å². The maximum absolute atomic E-state index is 12.1. The number of rotatable bonds is 3. The Hall–Kier alpha value is -3.86. The number of aromatic nitrogens is 2. The first kappa shape index (κ1) is 15.7. The lowest BCUT2D eigenvalue weighted by molar-refractivity contribution is 0.171. The number of nitrogens with one attached hydrogen (secondary N) is 2. The third-order valence-corrected chi connectivity index (χ3v) is 3.82. The molecular weight excluding hydrogens is 334 g/mol. The average molecular weight is 347 g/mol. The van der Waals surface area contributed by atoms with Crippen molar-refractivity contribution in [3.05, 3.63) is 58.4 Å². The van der Waals surface area contributed by atoms with Crippen molar-refractivity contribution in [2.75, 3.05) is 13.2 Å². The first-order valence-corrected chi connectivity index (χ1v) is 7.87. The monoisotopic (exact) mass is 347 g/mol. The number of nitrogens with zero attached hydrogens (tertiary/aromatic N) is 3. The van der Waals surface area contributed by atoms with E-state index in [-0.39, 0.29) is 5.69 Å². The van der Waals surface area contributed by atoms with Crippen LogP contribution in [0, 0.1) is 11.3 Å². The van der Waals surface area contributed by atoms with Crippen LogP contribution in [0.3, 0.4) is 0 Å². The Morgan fingerprint density at radius 2 is 1.85 bits per heavy atom. The number of aromatic amines is 2. The second kappa shape index (κ2) is 6.57. The molecule has 8 nitrogen and oxygen atoms in total. The summed E-state index contributed by atoms with van der Waals surface area (Å²) in [4.78, 5) is 12.1. The van der Waals surface area contributed by atoms with E-state index in [4.69, 9.17) is 14.7 Å². The van der Waals surface area contributed by atoms with Gasteiger partial charge in [0.15, 0.2) is 17.2 Å². The van der Waals surface area contributed by atoms with Crippen LogP contribution in [-0.2, 0) is 0 Å². The minimum Gasteiger partial charge on any atom is -0.486 e. The van der Waals surface area contributed by atoms with Gasteiger partial charge in [0.2, 0.25) is 0 Å². The minimum absolute atomic E-state index is 0.143. The van der Waals surface area contributed by atoms with Gasteiger partial charge < -0.3 is 9.47 Å². The zero-order valence-electron chi connectivity index (χ0n) is 13.5. The molecule has 0 saturated heterocycles. The quantitative estimate of drug-likeness (QED) is 0.706. The maximum atomic E-state index is 12.1. The molecule has 0 radical (unpaired) electrons. The number of hydrogen-bond donors (Lipinski definition) is 2. The van der Waals surface area contributed by atoms with Crippen LogP contribution in [0.5, 0.6) is 11.5 Å². The van der Waals surface area contributed by atoms with Gasteiger partial charge in [0.25, 0.3) is 5.56 Å². The van der Waals surface area contributed by atoms with Crippen molar-refractivity contribution >= 4 is 11.4 Å². The Morgan fingerprint density at radius 3 is 2.69 bits per heavy atom. The van der Waals surface area contributed by atoms with Gasteiger partial charge in [-0.25, -0.2) is 0 Å². The van der Waals surface area contributed by atoms with Crippen molar-refractivity contribution in [3.8, 4) is 28.8 Å². The molecule has 0 bridgehead atoms. The number of azo groups is 1. The fourth-order valence-electron chi connectivity index (χ4n) is 2.60. The highest BCUT2D eigenvalue weighted by Gasteiger charge is 2.16. The Bertz CT molecular complexity index is 1090. The van der Waals surface area contributed by atoms with Gasteiger partial charge in [0, 0.05) is 5.56 Å². The van der Waals surface area contributed by atoms with Gasteiger partial charge >= 0.3 is 0 Å². The van der Waals surface area contributed by atoms with Crippen LogP contribution < -0.4 is 15.0 Å². The van der Waals surface area contributed by atoms with Crippen molar-refractivity contribution in [1.82, 2.24) is 10.2 Å². The lowest BCUT2D eigenvalue weighted by Gasteiger charge is -2.18. The normalized spacial score (nSPS) is 12.9. The number of ether oxygens (including phenoxy) is 2. The predicted octanol–water partition coefficient (Wildman–Crippen LogP) is 3.43. The Balaban J connectivity index is 1.71. The Morgan fingerprint density at radius 1 is 1.00 bits per heavy atom. The van der Waals surface area contributed by atoms with Crippen molar-refractivity contribution in [1.29, 1.82) is 5.26 Å². The molecule has 2 N–H and O–H groups in total. The lowest BCUT2D eigenvalue weighted by atomic mass is 10.1. The summed E-state index contributed by atoms with van der Waals surface area (Å²) in [7, 11) is 0. The number of hydrogen-bond acceptors (Lipinski definition) is 6. The summed E-state index contributed by atoms with van der Waals surface area (Å²) in [5, 5.41) is 22.4. The molecule has 0 spiro atoms. The third-order valence-electron chi connectivity index (χ3n) is 3.82. The number of fused-ring (bicyclic) bond motifs is 1. The third kappa shape index (κ3) is 2.93. The van der Waals surface area contributed by atoms with Gasteiger partial charge in [-0.15, -0.1) is 5.11 Å². The summed E-state index contributed by atoms with van der Waals surface area (Å²) in [6.07, 6.45) is 0. The first-order valence-electron chi connectivity index (χ1n) is 7.87. The molecule has 2 heterocycles. The van der Waals surface area contributed by atoms with Crippen LogP contribution in [0.2, 0.25) is 0 Å². The number of nitriles is 1. The van der Waals surface area contributed by atoms with Gasteiger partial charge in [-0.1, -0.05) is 6.07 Å². The van der Waals surface area contributed by atoms with E-state index in [2.05, 4.69) is 20.4 Å². The molecule has 0 unspecified atom stereocenters. The van der Waals surface area contributed by atoms with Crippen LogP contribution in [0.4, 0.5) is 11.4 Å². The molecular formula is C18H13N5O3. The van der Waals surface area contributed by atoms with Gasteiger partial charge in [0.1, 0.15) is 13.2 Å². The fraction of sp³-hybridized carbons (Fsp3) is 0.111. The average Bonchev–Trinajstić information content (AvgIpc) is 3.06. The SMILES string of the molecule is N#Cc1cccc(N=Nc2c(-c3ccc4c(c3)OCCO4)[nH][nH]c2=O)c1. The lowest BCUT2D eigenvalue weighted by Crippen LogP contribution is -2.15. The molecule has 0 fully saturated rings. The van der Waals surface area contributed by atoms with Gasteiger partial charge in [-0.05, 0) is 36.4 Å². The van der Waals surface area contributed by atoms with Gasteiger partial charge in [0.05, 0.1) is 23.0 Å². The van der Waals surface area contributed by atoms with E-state index in [9.17, 15) is 4.79 Å². The molecule has 1 aliphatic rings. The molecule has 0 aliphatic carbocycles. The van der Waals surface area contributed by atoms with Gasteiger partial charge in [-0.3, -0.25) is 15.0 Å². The molecule has 4 rings (SSSR count). The molecule has 1 aromatic heterocycles. The summed E-state index contributed by atoms with van der Waals surface area (Å²) in [5.74, 6) is 1.27. The molecule has 128 valence electrons. The van der Waals surface area contributed by atoms with Crippen LogP contribution in [-0.4, -0.2) is 23.4 Å². The van der Waals surface area contributed by atoms with Crippen molar-refractivity contribution in [3.63, 3.8) is 0 Å². The van der Waals surface area contributed by atoms with Gasteiger partial charge in [-0.2, -0.15) is 10.4 Å². The smallest absolute Gasteiger partial charge is 0.292 e. The standard InChI is InChI=1S/C18H13N5O3/c19-10-11-2-1-3-13(8-11)20-22-17-16(21-23-18(17)24)12-4-5-14-15(9-12)26-7-6-25-14/h1-5,8-9H,6-7H2,(H2,21,23,24). The van der Waals surface area contributed by atoms with E-state index < -0.39 is 5.56 Å². The Labute approximate surface area is 147 Å². The molecule has 3 aromatic rings. The Kier molecular flexibility index (Phi) is 3.95. The predicted molar refractivity (Wildman–Crippen MR) is 93.2 cm³/mol. The van der Waals surface area contributed by atoms with Crippen molar-refractivity contribution in [2.45, 2.75) is 0 Å². The summed E-state index contributed by atoms with van der Waals surface area (Å²) in [6.45, 7) is 0.983. The van der Waals surface area contributed by atoms with E-state index in [0.29, 0.717) is 47.2 Å². The van der Waals surface area contributed by atoms with Crippen LogP contribution in [0.1, 0.15) is 5.56 Å². The van der Waals surface area contributed by atoms with E-state index in [1.54, 1.807) is 36.4 Å².